The fourth-order valence-corrected chi connectivity index (χ4v) is 7.00. The second-order valence-corrected chi connectivity index (χ2v) is 11.0. The number of benzene rings is 1. The third-order valence-electron chi connectivity index (χ3n) is 3.28. The van der Waals surface area contributed by atoms with Gasteiger partial charge in [-0.05, 0) is 12.1 Å². The third kappa shape index (κ3) is 2.69. The Kier molecular flexibility index (Phi) is 3.51. The third-order valence-corrected chi connectivity index (χ3v) is 6.57. The molecule has 0 bridgehead atoms. The number of aromatic nitrogens is 2. The highest BCUT2D eigenvalue weighted by molar-refractivity contribution is 7.59. The zero-order valence-corrected chi connectivity index (χ0v) is 14.1. The Morgan fingerprint density at radius 1 is 0.947 bits per heavy atom. The zero-order valence-electron chi connectivity index (χ0n) is 13.2. The maximum atomic E-state index is 2.52. The molecule has 0 unspecified atom stereocenters. The molecule has 0 radical (unpaired) electrons. The van der Waals surface area contributed by atoms with E-state index in [9.17, 15) is 0 Å². The Hall–Kier alpha value is -0.880. The number of imidazole rings is 1. The number of aryl methyl sites for hydroxylation is 1. The second kappa shape index (κ2) is 4.59. The molecular formula is C16H26N2P+. The standard InChI is InChI=1S/C16H26N2P/c1-15(2,3)19(16(4,5)6)18-12-17(7)13-10-8-9-11-14(13)18/h8-12H,1-7H3/q+1. The number of para-hydroxylation sites is 2. The van der Waals surface area contributed by atoms with E-state index in [1.807, 2.05) is 0 Å². The molecule has 0 aliphatic heterocycles. The highest BCUT2D eigenvalue weighted by Crippen LogP contribution is 2.60. The van der Waals surface area contributed by atoms with E-state index in [1.54, 1.807) is 0 Å². The summed E-state index contributed by atoms with van der Waals surface area (Å²) in [6, 6.07) is 8.69. The molecule has 0 aliphatic rings. The van der Waals surface area contributed by atoms with Crippen LogP contribution in [-0.2, 0) is 7.05 Å². The van der Waals surface area contributed by atoms with E-state index in [4.69, 9.17) is 0 Å². The van der Waals surface area contributed by atoms with Crippen molar-refractivity contribution in [1.82, 2.24) is 4.34 Å². The van der Waals surface area contributed by atoms with Gasteiger partial charge in [-0.15, -0.1) is 0 Å². The molecule has 2 rings (SSSR count). The van der Waals surface area contributed by atoms with Crippen LogP contribution in [0.15, 0.2) is 30.6 Å². The van der Waals surface area contributed by atoms with Crippen LogP contribution in [0.4, 0.5) is 0 Å². The number of hydrogen-bond acceptors (Lipinski definition) is 0. The molecule has 0 spiro atoms. The zero-order chi connectivity index (χ0) is 14.4. The Morgan fingerprint density at radius 3 is 2.00 bits per heavy atom. The molecular weight excluding hydrogens is 251 g/mol. The molecule has 0 amide bonds. The van der Waals surface area contributed by atoms with Gasteiger partial charge in [0.05, 0.1) is 7.05 Å². The summed E-state index contributed by atoms with van der Waals surface area (Å²) in [5.74, 6) is 0. The van der Waals surface area contributed by atoms with Crippen LogP contribution in [0.25, 0.3) is 11.0 Å². The Labute approximate surface area is 118 Å². The van der Waals surface area contributed by atoms with Crippen molar-refractivity contribution in [3.63, 3.8) is 0 Å². The Bertz CT molecular complexity index is 571. The second-order valence-electron chi connectivity index (χ2n) is 7.21. The summed E-state index contributed by atoms with van der Waals surface area (Å²) in [5.41, 5.74) is 2.66. The fourth-order valence-electron chi connectivity index (χ4n) is 3.06. The van der Waals surface area contributed by atoms with Gasteiger partial charge < -0.3 is 0 Å². The van der Waals surface area contributed by atoms with Gasteiger partial charge in [0.25, 0.3) is 0 Å². The lowest BCUT2D eigenvalue weighted by Gasteiger charge is -2.37. The van der Waals surface area contributed by atoms with Crippen molar-refractivity contribution in [3.8, 4) is 0 Å². The minimum atomic E-state index is -0.321. The maximum absolute atomic E-state index is 2.52. The summed E-state index contributed by atoms with van der Waals surface area (Å²) in [6.07, 6.45) is 2.27. The van der Waals surface area contributed by atoms with E-state index >= 15 is 0 Å². The molecule has 1 aromatic carbocycles. The summed E-state index contributed by atoms with van der Waals surface area (Å²) < 4.78 is 4.76. The van der Waals surface area contributed by atoms with Gasteiger partial charge in [0.2, 0.25) is 6.33 Å². The number of nitrogens with zero attached hydrogens (tertiary/aromatic N) is 2. The first-order valence-corrected chi connectivity index (χ1v) is 8.18. The van der Waals surface area contributed by atoms with Crippen molar-refractivity contribution in [2.75, 3.05) is 0 Å². The van der Waals surface area contributed by atoms with Gasteiger partial charge in [-0.1, -0.05) is 53.7 Å². The first-order chi connectivity index (χ1) is 8.62. The lowest BCUT2D eigenvalue weighted by molar-refractivity contribution is -0.645. The lowest BCUT2D eigenvalue weighted by atomic mass is 10.2. The Balaban J connectivity index is 2.71. The van der Waals surface area contributed by atoms with Crippen LogP contribution in [-0.4, -0.2) is 14.6 Å². The van der Waals surface area contributed by atoms with Gasteiger partial charge in [0.1, 0.15) is 8.07 Å². The van der Waals surface area contributed by atoms with Crippen LogP contribution >= 0.6 is 8.07 Å². The quantitative estimate of drug-likeness (QED) is 0.542. The summed E-state index contributed by atoms with van der Waals surface area (Å²) in [7, 11) is 1.82. The van der Waals surface area contributed by atoms with Gasteiger partial charge in [0, 0.05) is 10.3 Å². The van der Waals surface area contributed by atoms with Crippen LogP contribution in [0.1, 0.15) is 41.5 Å². The summed E-state index contributed by atoms with van der Waals surface area (Å²) in [6.45, 7) is 14.2. The van der Waals surface area contributed by atoms with Crippen molar-refractivity contribution in [1.29, 1.82) is 0 Å². The first kappa shape index (κ1) is 14.5. The van der Waals surface area contributed by atoms with Gasteiger partial charge >= 0.3 is 0 Å². The van der Waals surface area contributed by atoms with Crippen molar-refractivity contribution < 1.29 is 4.57 Å². The number of hydrogen-bond donors (Lipinski definition) is 0. The summed E-state index contributed by atoms with van der Waals surface area (Å²) in [5, 5.41) is 0.560. The van der Waals surface area contributed by atoms with E-state index in [0.717, 1.165) is 0 Å². The predicted octanol–water partition coefficient (Wildman–Crippen LogP) is 4.31. The van der Waals surface area contributed by atoms with Crippen LogP contribution in [0.2, 0.25) is 0 Å². The molecule has 0 aliphatic carbocycles. The smallest absolute Gasteiger partial charge is 0.232 e. The average Bonchev–Trinajstić information content (AvgIpc) is 2.53. The molecule has 0 saturated heterocycles. The van der Waals surface area contributed by atoms with Crippen molar-refractivity contribution in [2.45, 2.75) is 51.9 Å². The van der Waals surface area contributed by atoms with E-state index in [2.05, 4.69) is 88.1 Å². The van der Waals surface area contributed by atoms with E-state index in [0.29, 0.717) is 0 Å². The van der Waals surface area contributed by atoms with Gasteiger partial charge in [-0.25, -0.2) is 8.90 Å². The van der Waals surface area contributed by atoms with E-state index < -0.39 is 0 Å². The first-order valence-electron chi connectivity index (χ1n) is 6.89. The van der Waals surface area contributed by atoms with Gasteiger partial charge in [0.15, 0.2) is 11.0 Å². The minimum absolute atomic E-state index is 0.280. The molecule has 104 valence electrons. The molecule has 19 heavy (non-hydrogen) atoms. The molecule has 3 heteroatoms. The van der Waals surface area contributed by atoms with Gasteiger partial charge in [-0.3, -0.25) is 0 Å². The predicted molar refractivity (Wildman–Crippen MR) is 84.9 cm³/mol. The highest BCUT2D eigenvalue weighted by Gasteiger charge is 2.42. The number of rotatable bonds is 1. The van der Waals surface area contributed by atoms with Crippen LogP contribution < -0.4 is 4.57 Å². The molecule has 1 aromatic heterocycles. The Morgan fingerprint density at radius 2 is 1.47 bits per heavy atom. The van der Waals surface area contributed by atoms with Crippen molar-refractivity contribution in [3.05, 3.63) is 30.6 Å². The summed E-state index contributed by atoms with van der Waals surface area (Å²) in [4.78, 5) is 0. The van der Waals surface area contributed by atoms with E-state index in [1.165, 1.54) is 11.0 Å². The molecule has 0 saturated carbocycles. The molecule has 0 N–H and O–H groups in total. The summed E-state index contributed by atoms with van der Waals surface area (Å²) >= 11 is 0. The van der Waals surface area contributed by atoms with Crippen LogP contribution in [0, 0.1) is 0 Å². The van der Waals surface area contributed by atoms with Crippen molar-refractivity contribution in [2.24, 2.45) is 7.05 Å². The fraction of sp³-hybridized carbons (Fsp3) is 0.562. The van der Waals surface area contributed by atoms with Crippen LogP contribution in [0.3, 0.4) is 0 Å². The lowest BCUT2D eigenvalue weighted by Crippen LogP contribution is -2.30. The average molecular weight is 277 g/mol. The largest absolute Gasteiger partial charge is 0.246 e. The van der Waals surface area contributed by atoms with Crippen LogP contribution in [0.5, 0.6) is 0 Å². The SMILES string of the molecule is C[n+]1cn(P(C(C)(C)C)C(C)(C)C)c2ccccc21. The minimum Gasteiger partial charge on any atom is -0.232 e. The monoisotopic (exact) mass is 277 g/mol. The maximum Gasteiger partial charge on any atom is 0.246 e. The topological polar surface area (TPSA) is 8.81 Å². The number of fused-ring (bicyclic) bond motifs is 1. The molecule has 1 heterocycles. The van der Waals surface area contributed by atoms with Gasteiger partial charge in [-0.2, -0.15) is 0 Å². The normalized spacial score (nSPS) is 13.5. The highest BCUT2D eigenvalue weighted by atomic mass is 31.1. The molecule has 2 aromatic rings. The van der Waals surface area contributed by atoms with Crippen molar-refractivity contribution >= 4 is 19.1 Å². The molecule has 0 atom stereocenters. The van der Waals surface area contributed by atoms with E-state index in [-0.39, 0.29) is 18.4 Å². The molecule has 0 fully saturated rings. The molecule has 2 nitrogen and oxygen atoms in total.